The Kier molecular flexibility index (Phi) is 5.01. The smallest absolute Gasteiger partial charge is 0.338 e. The quantitative estimate of drug-likeness (QED) is 0.641. The van der Waals surface area contributed by atoms with Crippen molar-refractivity contribution >= 4 is 16.7 Å². The number of carbonyl (C=O) groups excluding carboxylic acids is 1. The van der Waals surface area contributed by atoms with Crippen LogP contribution < -0.4 is 5.56 Å². The number of fused-ring (bicyclic) bond motifs is 1. The molecule has 5 nitrogen and oxygen atoms in total. The molecule has 2 aromatic carbocycles. The summed E-state index contributed by atoms with van der Waals surface area (Å²) >= 11 is 0. The summed E-state index contributed by atoms with van der Waals surface area (Å²) in [7, 11) is 0. The number of rotatable bonds is 4. The maximum Gasteiger partial charge on any atom is 0.338 e. The third-order valence-electron chi connectivity index (χ3n) is 5.47. The Bertz CT molecular complexity index is 1040. The second-order valence-corrected chi connectivity index (χ2v) is 7.18. The third kappa shape index (κ3) is 3.22. The maximum absolute atomic E-state index is 13.1. The molecular weight excluding hydrogens is 354 g/mol. The van der Waals surface area contributed by atoms with Gasteiger partial charge < -0.3 is 9.47 Å². The second kappa shape index (κ2) is 7.60. The zero-order valence-electron chi connectivity index (χ0n) is 15.9. The van der Waals surface area contributed by atoms with E-state index in [4.69, 9.17) is 9.47 Å². The van der Waals surface area contributed by atoms with E-state index in [0.29, 0.717) is 10.9 Å². The van der Waals surface area contributed by atoms with Crippen LogP contribution in [0.4, 0.5) is 0 Å². The molecule has 0 N–H and O–H groups in total. The van der Waals surface area contributed by atoms with Gasteiger partial charge in [-0.25, -0.2) is 4.79 Å². The zero-order valence-corrected chi connectivity index (χ0v) is 15.9. The monoisotopic (exact) mass is 377 g/mol. The summed E-state index contributed by atoms with van der Waals surface area (Å²) in [5, 5.41) is 1.49. The van der Waals surface area contributed by atoms with Crippen molar-refractivity contribution in [3.63, 3.8) is 0 Å². The minimum atomic E-state index is -0.648. The van der Waals surface area contributed by atoms with E-state index >= 15 is 0 Å². The lowest BCUT2D eigenvalue weighted by Crippen LogP contribution is -2.34. The molecule has 0 radical (unpaired) electrons. The maximum atomic E-state index is 13.1. The topological polar surface area (TPSA) is 57.5 Å². The summed E-state index contributed by atoms with van der Waals surface area (Å²) in [6.07, 6.45) is 1.22. The molecule has 144 valence electrons. The Labute approximate surface area is 163 Å². The van der Waals surface area contributed by atoms with Crippen molar-refractivity contribution < 1.29 is 14.3 Å². The van der Waals surface area contributed by atoms with Crippen molar-refractivity contribution in [2.75, 3.05) is 0 Å². The molecule has 4 atom stereocenters. The van der Waals surface area contributed by atoms with E-state index in [-0.39, 0.29) is 17.6 Å². The van der Waals surface area contributed by atoms with Gasteiger partial charge in [0.2, 0.25) is 0 Å². The highest BCUT2D eigenvalue weighted by atomic mass is 16.6. The van der Waals surface area contributed by atoms with Crippen molar-refractivity contribution in [2.24, 2.45) is 5.92 Å². The summed E-state index contributed by atoms with van der Waals surface area (Å²) in [6, 6.07) is 18.2. The Morgan fingerprint density at radius 2 is 1.79 bits per heavy atom. The van der Waals surface area contributed by atoms with Crippen LogP contribution in [0.2, 0.25) is 0 Å². The molecule has 0 bridgehead atoms. The molecule has 1 fully saturated rings. The molecule has 2 heterocycles. The Morgan fingerprint density at radius 3 is 2.54 bits per heavy atom. The number of carbonyl (C=O) groups is 1. The first-order valence-electron chi connectivity index (χ1n) is 9.61. The molecule has 5 heteroatoms. The summed E-state index contributed by atoms with van der Waals surface area (Å²) in [5.41, 5.74) is 0.340. The fraction of sp³-hybridized carbons (Fsp3) is 0.304. The minimum absolute atomic E-state index is 0.0268. The molecule has 0 spiro atoms. The van der Waals surface area contributed by atoms with Crippen molar-refractivity contribution in [1.82, 2.24) is 4.57 Å². The van der Waals surface area contributed by atoms with Gasteiger partial charge in [-0.15, -0.1) is 0 Å². The molecule has 3 aromatic rings. The van der Waals surface area contributed by atoms with Gasteiger partial charge in [0.25, 0.3) is 5.56 Å². The average Bonchev–Trinajstić information content (AvgIpc) is 3.04. The molecule has 1 aliphatic rings. The van der Waals surface area contributed by atoms with Crippen LogP contribution in [0.1, 0.15) is 36.9 Å². The van der Waals surface area contributed by atoms with E-state index in [2.05, 4.69) is 0 Å². The molecule has 1 unspecified atom stereocenters. The first kappa shape index (κ1) is 18.4. The largest absolute Gasteiger partial charge is 0.454 e. The van der Waals surface area contributed by atoms with E-state index in [9.17, 15) is 9.59 Å². The lowest BCUT2D eigenvalue weighted by atomic mass is 9.98. The van der Waals surface area contributed by atoms with Gasteiger partial charge in [-0.05, 0) is 36.1 Å². The van der Waals surface area contributed by atoms with E-state index in [1.54, 1.807) is 41.1 Å². The molecule has 28 heavy (non-hydrogen) atoms. The zero-order chi connectivity index (χ0) is 19.7. The van der Waals surface area contributed by atoms with Crippen LogP contribution in [-0.2, 0) is 9.47 Å². The van der Waals surface area contributed by atoms with E-state index < -0.39 is 18.3 Å². The lowest BCUT2D eigenvalue weighted by molar-refractivity contribution is -0.0501. The van der Waals surface area contributed by atoms with Crippen LogP contribution in [0.5, 0.6) is 0 Å². The van der Waals surface area contributed by atoms with Gasteiger partial charge in [0.15, 0.2) is 12.3 Å². The standard InChI is InChI=1S/C23H23NO4/c1-3-19-15(2)20(28-23(26)17-10-5-4-6-11-17)22(27-19)24-14-13-16-9-7-8-12-18(16)21(24)25/h4-15,19-20,22H,3H2,1-2H3/t15-,19+,20?,22+/m0/s1. The van der Waals surface area contributed by atoms with E-state index in [0.717, 1.165) is 11.8 Å². The summed E-state index contributed by atoms with van der Waals surface area (Å²) < 4.78 is 13.6. The number of nitrogens with zero attached hydrogens (tertiary/aromatic N) is 1. The van der Waals surface area contributed by atoms with E-state index in [1.165, 1.54) is 0 Å². The predicted octanol–water partition coefficient (Wildman–Crippen LogP) is 4.17. The number of aromatic nitrogens is 1. The lowest BCUT2D eigenvalue weighted by Gasteiger charge is -2.23. The number of hydrogen-bond donors (Lipinski definition) is 0. The number of pyridine rings is 1. The number of benzene rings is 2. The molecule has 1 aliphatic heterocycles. The van der Waals surface area contributed by atoms with Gasteiger partial charge in [0.05, 0.1) is 11.7 Å². The van der Waals surface area contributed by atoms with Crippen LogP contribution in [0, 0.1) is 5.92 Å². The van der Waals surface area contributed by atoms with Crippen LogP contribution in [0.15, 0.2) is 71.7 Å². The van der Waals surface area contributed by atoms with Crippen LogP contribution in [0.25, 0.3) is 10.8 Å². The number of esters is 1. The van der Waals surface area contributed by atoms with Gasteiger partial charge in [-0.3, -0.25) is 9.36 Å². The van der Waals surface area contributed by atoms with Crippen LogP contribution >= 0.6 is 0 Å². The molecule has 1 saturated heterocycles. The number of hydrogen-bond acceptors (Lipinski definition) is 4. The third-order valence-corrected chi connectivity index (χ3v) is 5.47. The van der Waals surface area contributed by atoms with Gasteiger partial charge in [0, 0.05) is 17.5 Å². The molecule has 0 amide bonds. The van der Waals surface area contributed by atoms with Crippen LogP contribution in [-0.4, -0.2) is 22.7 Å². The van der Waals surface area contributed by atoms with Crippen molar-refractivity contribution in [3.05, 3.63) is 82.8 Å². The fourth-order valence-electron chi connectivity index (χ4n) is 3.88. The Morgan fingerprint density at radius 1 is 1.07 bits per heavy atom. The highest BCUT2D eigenvalue weighted by molar-refractivity contribution is 5.89. The Hall–Kier alpha value is -2.92. The van der Waals surface area contributed by atoms with Crippen LogP contribution in [0.3, 0.4) is 0 Å². The summed E-state index contributed by atoms with van der Waals surface area (Å²) in [4.78, 5) is 25.7. The summed E-state index contributed by atoms with van der Waals surface area (Å²) in [5.74, 6) is -0.433. The SMILES string of the molecule is CC[C@H]1O[C@@H](n2ccc3ccccc3c2=O)C(OC(=O)c2ccccc2)[C@H]1C. The van der Waals surface area contributed by atoms with Gasteiger partial charge in [0.1, 0.15) is 0 Å². The predicted molar refractivity (Wildman–Crippen MR) is 107 cm³/mol. The molecule has 4 rings (SSSR count). The minimum Gasteiger partial charge on any atom is -0.454 e. The fourth-order valence-corrected chi connectivity index (χ4v) is 3.88. The van der Waals surface area contributed by atoms with Crippen molar-refractivity contribution in [3.8, 4) is 0 Å². The first-order valence-corrected chi connectivity index (χ1v) is 9.61. The molecule has 0 aliphatic carbocycles. The summed E-state index contributed by atoms with van der Waals surface area (Å²) in [6.45, 7) is 4.03. The number of ether oxygens (including phenoxy) is 2. The Balaban J connectivity index is 1.71. The highest BCUT2D eigenvalue weighted by Gasteiger charge is 2.45. The van der Waals surface area contributed by atoms with Crippen molar-refractivity contribution in [1.29, 1.82) is 0 Å². The highest BCUT2D eigenvalue weighted by Crippen LogP contribution is 2.37. The van der Waals surface area contributed by atoms with Crippen molar-refractivity contribution in [2.45, 2.75) is 38.7 Å². The first-order chi connectivity index (χ1) is 13.6. The molecular formula is C23H23NO4. The normalized spacial score (nSPS) is 24.4. The second-order valence-electron chi connectivity index (χ2n) is 7.18. The average molecular weight is 377 g/mol. The van der Waals surface area contributed by atoms with Gasteiger partial charge in [-0.1, -0.05) is 50.2 Å². The molecule has 1 aromatic heterocycles. The van der Waals surface area contributed by atoms with Gasteiger partial charge in [-0.2, -0.15) is 0 Å². The van der Waals surface area contributed by atoms with E-state index in [1.807, 2.05) is 44.2 Å². The molecule has 0 saturated carbocycles. The van der Waals surface area contributed by atoms with Gasteiger partial charge >= 0.3 is 5.97 Å².